The van der Waals surface area contributed by atoms with Gasteiger partial charge in [-0.3, -0.25) is 4.79 Å². The number of nitrogens with zero attached hydrogens (tertiary/aromatic N) is 3. The largest absolute Gasteiger partial charge is 0.365 e. The Balaban J connectivity index is 2.19. The average Bonchev–Trinajstić information content (AvgIpc) is 2.54. The van der Waals surface area contributed by atoms with Gasteiger partial charge in [0.25, 0.3) is 5.91 Å². The lowest BCUT2D eigenvalue weighted by atomic mass is 10.2. The van der Waals surface area contributed by atoms with Crippen molar-refractivity contribution in [1.29, 1.82) is 0 Å². The fourth-order valence-corrected chi connectivity index (χ4v) is 2.08. The van der Waals surface area contributed by atoms with Crippen LogP contribution in [0.4, 0.5) is 11.5 Å². The maximum absolute atomic E-state index is 12.6. The fraction of sp³-hybridized carbons (Fsp3) is 0.235. The molecule has 1 aromatic heterocycles. The van der Waals surface area contributed by atoms with Crippen LogP contribution in [0.5, 0.6) is 0 Å². The van der Waals surface area contributed by atoms with Crippen molar-refractivity contribution in [2.45, 2.75) is 13.8 Å². The van der Waals surface area contributed by atoms with E-state index in [2.05, 4.69) is 21.9 Å². The van der Waals surface area contributed by atoms with Crippen LogP contribution in [-0.2, 0) is 0 Å². The van der Waals surface area contributed by atoms with Crippen LogP contribution in [-0.4, -0.2) is 29.0 Å². The molecule has 0 atom stereocenters. The van der Waals surface area contributed by atoms with E-state index in [9.17, 15) is 4.79 Å². The number of amides is 1. The summed E-state index contributed by atoms with van der Waals surface area (Å²) in [7, 11) is 0. The summed E-state index contributed by atoms with van der Waals surface area (Å²) in [5.74, 6) is 0.464. The first-order chi connectivity index (χ1) is 10.7. The van der Waals surface area contributed by atoms with E-state index < -0.39 is 0 Å². The molecule has 0 saturated carbocycles. The number of aromatic nitrogens is 2. The minimum atomic E-state index is -0.157. The molecule has 0 fully saturated rings. The molecule has 0 radical (unpaired) electrons. The molecule has 5 heteroatoms. The summed E-state index contributed by atoms with van der Waals surface area (Å²) >= 11 is 0. The predicted octanol–water partition coefficient (Wildman–Crippen LogP) is 3.05. The predicted molar refractivity (Wildman–Crippen MR) is 89.2 cm³/mol. The third-order valence-corrected chi connectivity index (χ3v) is 3.17. The van der Waals surface area contributed by atoms with Gasteiger partial charge in [-0.25, -0.2) is 9.97 Å². The first-order valence-corrected chi connectivity index (χ1v) is 7.21. The van der Waals surface area contributed by atoms with Crippen molar-refractivity contribution < 1.29 is 4.79 Å². The van der Waals surface area contributed by atoms with E-state index >= 15 is 0 Å². The van der Waals surface area contributed by atoms with Crippen LogP contribution in [0.25, 0.3) is 0 Å². The van der Waals surface area contributed by atoms with Crippen molar-refractivity contribution >= 4 is 17.4 Å². The standard InChI is InChI=1S/C17H20N4O/c1-4-9-18-16-12-19-15(11-20-16)17(22)21(5-2)14-8-6-7-13(3)10-14/h4,6-8,10-12H,1,5,9H2,2-3H3,(H,18,20). The van der Waals surface area contributed by atoms with Crippen molar-refractivity contribution in [1.82, 2.24) is 9.97 Å². The third kappa shape index (κ3) is 3.69. The number of benzene rings is 1. The van der Waals surface area contributed by atoms with Gasteiger partial charge in [0.15, 0.2) is 0 Å². The van der Waals surface area contributed by atoms with Crippen LogP contribution in [0, 0.1) is 6.92 Å². The highest BCUT2D eigenvalue weighted by Crippen LogP contribution is 2.18. The van der Waals surface area contributed by atoms with E-state index in [0.717, 1.165) is 11.3 Å². The molecule has 0 aliphatic rings. The average molecular weight is 296 g/mol. The Bertz CT molecular complexity index is 652. The smallest absolute Gasteiger partial charge is 0.278 e. The highest BCUT2D eigenvalue weighted by Gasteiger charge is 2.17. The summed E-state index contributed by atoms with van der Waals surface area (Å²) in [5, 5.41) is 3.03. The van der Waals surface area contributed by atoms with Gasteiger partial charge in [-0.2, -0.15) is 0 Å². The van der Waals surface area contributed by atoms with Crippen LogP contribution in [0.3, 0.4) is 0 Å². The fourth-order valence-electron chi connectivity index (χ4n) is 2.08. The van der Waals surface area contributed by atoms with E-state index in [1.807, 2.05) is 38.1 Å². The molecule has 0 unspecified atom stereocenters. The number of hydrogen-bond acceptors (Lipinski definition) is 4. The topological polar surface area (TPSA) is 58.1 Å². The van der Waals surface area contributed by atoms with Gasteiger partial charge in [0.1, 0.15) is 11.5 Å². The van der Waals surface area contributed by atoms with Crippen molar-refractivity contribution in [2.75, 3.05) is 23.3 Å². The van der Waals surface area contributed by atoms with E-state index in [4.69, 9.17) is 0 Å². The van der Waals surface area contributed by atoms with Crippen molar-refractivity contribution in [3.8, 4) is 0 Å². The Morgan fingerprint density at radius 1 is 1.36 bits per heavy atom. The summed E-state index contributed by atoms with van der Waals surface area (Å²) in [6, 6.07) is 7.84. The van der Waals surface area contributed by atoms with Crippen LogP contribution in [0.2, 0.25) is 0 Å². The number of carbonyl (C=O) groups is 1. The van der Waals surface area contributed by atoms with Crippen molar-refractivity contribution in [3.63, 3.8) is 0 Å². The summed E-state index contributed by atoms with van der Waals surface area (Å²) in [4.78, 5) is 22.7. The van der Waals surface area contributed by atoms with E-state index in [-0.39, 0.29) is 5.91 Å². The second-order valence-electron chi connectivity index (χ2n) is 4.84. The van der Waals surface area contributed by atoms with E-state index in [1.165, 1.54) is 6.20 Å². The molecule has 5 nitrogen and oxygen atoms in total. The number of rotatable bonds is 6. The van der Waals surface area contributed by atoms with Gasteiger partial charge in [0.2, 0.25) is 0 Å². The van der Waals surface area contributed by atoms with E-state index in [1.54, 1.807) is 17.2 Å². The first-order valence-electron chi connectivity index (χ1n) is 7.21. The summed E-state index contributed by atoms with van der Waals surface area (Å²) in [6.45, 7) is 8.74. The Morgan fingerprint density at radius 3 is 2.77 bits per heavy atom. The molecule has 22 heavy (non-hydrogen) atoms. The minimum absolute atomic E-state index is 0.157. The molecule has 114 valence electrons. The second kappa shape index (κ2) is 7.36. The number of carbonyl (C=O) groups excluding carboxylic acids is 1. The van der Waals surface area contributed by atoms with Gasteiger partial charge in [0, 0.05) is 18.8 Å². The van der Waals surface area contributed by atoms with Crippen LogP contribution >= 0.6 is 0 Å². The number of nitrogens with one attached hydrogen (secondary N) is 1. The Morgan fingerprint density at radius 2 is 2.18 bits per heavy atom. The van der Waals surface area contributed by atoms with Gasteiger partial charge < -0.3 is 10.2 Å². The van der Waals surface area contributed by atoms with Gasteiger partial charge in [-0.05, 0) is 31.5 Å². The zero-order chi connectivity index (χ0) is 15.9. The molecule has 0 aliphatic carbocycles. The maximum atomic E-state index is 12.6. The molecule has 0 saturated heterocycles. The zero-order valence-electron chi connectivity index (χ0n) is 12.9. The monoisotopic (exact) mass is 296 g/mol. The first kappa shape index (κ1) is 15.7. The number of aryl methyl sites for hydroxylation is 1. The molecule has 1 N–H and O–H groups in total. The maximum Gasteiger partial charge on any atom is 0.278 e. The van der Waals surface area contributed by atoms with Crippen LogP contribution < -0.4 is 10.2 Å². The highest BCUT2D eigenvalue weighted by atomic mass is 16.2. The number of hydrogen-bond donors (Lipinski definition) is 1. The summed E-state index contributed by atoms with van der Waals surface area (Å²) in [5.41, 5.74) is 2.30. The Kier molecular flexibility index (Phi) is 5.25. The third-order valence-electron chi connectivity index (χ3n) is 3.17. The zero-order valence-corrected chi connectivity index (χ0v) is 12.9. The lowest BCUT2D eigenvalue weighted by Crippen LogP contribution is -2.31. The second-order valence-corrected chi connectivity index (χ2v) is 4.84. The molecule has 1 amide bonds. The van der Waals surface area contributed by atoms with Gasteiger partial charge in [-0.15, -0.1) is 6.58 Å². The van der Waals surface area contributed by atoms with Gasteiger partial charge in [0.05, 0.1) is 12.4 Å². The molecule has 0 aliphatic heterocycles. The van der Waals surface area contributed by atoms with Gasteiger partial charge >= 0.3 is 0 Å². The highest BCUT2D eigenvalue weighted by molar-refractivity contribution is 6.04. The van der Waals surface area contributed by atoms with Gasteiger partial charge in [-0.1, -0.05) is 18.2 Å². The lowest BCUT2D eigenvalue weighted by molar-refractivity contribution is 0.0983. The molecule has 0 spiro atoms. The van der Waals surface area contributed by atoms with Crippen molar-refractivity contribution in [3.05, 3.63) is 60.6 Å². The molecule has 1 heterocycles. The Hall–Kier alpha value is -2.69. The molecular formula is C17H20N4O. The molecule has 2 aromatic rings. The van der Waals surface area contributed by atoms with Crippen molar-refractivity contribution in [2.24, 2.45) is 0 Å². The van der Waals surface area contributed by atoms with Crippen LogP contribution in [0.1, 0.15) is 23.0 Å². The lowest BCUT2D eigenvalue weighted by Gasteiger charge is -2.21. The minimum Gasteiger partial charge on any atom is -0.365 e. The molecule has 1 aromatic carbocycles. The SMILES string of the molecule is C=CCNc1cnc(C(=O)N(CC)c2cccc(C)c2)cn1. The molecule has 0 bridgehead atoms. The number of anilines is 2. The normalized spacial score (nSPS) is 10.1. The van der Waals surface area contributed by atoms with Crippen LogP contribution in [0.15, 0.2) is 49.3 Å². The Labute approximate surface area is 130 Å². The quantitative estimate of drug-likeness (QED) is 0.832. The molecular weight excluding hydrogens is 276 g/mol. The summed E-state index contributed by atoms with van der Waals surface area (Å²) in [6.07, 6.45) is 4.78. The summed E-state index contributed by atoms with van der Waals surface area (Å²) < 4.78 is 0. The molecule has 2 rings (SSSR count). The van der Waals surface area contributed by atoms with E-state index in [0.29, 0.717) is 24.6 Å².